The molecule has 3 heteroatoms. The Morgan fingerprint density at radius 2 is 2.31 bits per heavy atom. The number of ether oxygens (including phenoxy) is 2. The van der Waals surface area contributed by atoms with Crippen LogP contribution in [0.15, 0.2) is 0 Å². The number of likely N-dealkylation sites (N-methyl/N-ethyl adjacent to an activating group) is 1. The van der Waals surface area contributed by atoms with E-state index in [1.54, 1.807) is 0 Å². The van der Waals surface area contributed by atoms with Gasteiger partial charge in [-0.15, -0.1) is 0 Å². The summed E-state index contributed by atoms with van der Waals surface area (Å²) in [7, 11) is 1.94. The molecule has 1 rings (SSSR count). The second-order valence-corrected chi connectivity index (χ2v) is 4.24. The zero-order chi connectivity index (χ0) is 9.73. The maximum Gasteiger partial charge on any atom is 0.0809 e. The third-order valence-electron chi connectivity index (χ3n) is 2.29. The van der Waals surface area contributed by atoms with Crippen LogP contribution in [0.4, 0.5) is 0 Å². The highest BCUT2D eigenvalue weighted by molar-refractivity contribution is 4.73. The number of nitrogens with one attached hydrogen (secondary N) is 1. The number of hydrogen-bond donors (Lipinski definition) is 1. The number of rotatable bonds is 5. The zero-order valence-corrected chi connectivity index (χ0v) is 8.93. The zero-order valence-electron chi connectivity index (χ0n) is 8.93. The molecular weight excluding hydrogens is 166 g/mol. The quantitative estimate of drug-likeness (QED) is 0.701. The normalized spacial score (nSPS) is 23.8. The summed E-state index contributed by atoms with van der Waals surface area (Å²) in [4.78, 5) is 0. The van der Waals surface area contributed by atoms with E-state index in [-0.39, 0.29) is 5.60 Å². The van der Waals surface area contributed by atoms with Crippen molar-refractivity contribution in [2.45, 2.75) is 38.4 Å². The Labute approximate surface area is 80.8 Å². The largest absolute Gasteiger partial charge is 0.376 e. The molecule has 0 bridgehead atoms. The van der Waals surface area contributed by atoms with E-state index < -0.39 is 0 Å². The fourth-order valence-electron chi connectivity index (χ4n) is 1.57. The molecule has 0 spiro atoms. The van der Waals surface area contributed by atoms with Crippen molar-refractivity contribution in [3.05, 3.63) is 0 Å². The monoisotopic (exact) mass is 187 g/mol. The van der Waals surface area contributed by atoms with E-state index in [1.165, 1.54) is 6.42 Å². The topological polar surface area (TPSA) is 30.5 Å². The van der Waals surface area contributed by atoms with Crippen molar-refractivity contribution < 1.29 is 9.47 Å². The third kappa shape index (κ3) is 4.07. The minimum atomic E-state index is -0.0826. The van der Waals surface area contributed by atoms with E-state index in [2.05, 4.69) is 19.2 Å². The van der Waals surface area contributed by atoms with E-state index in [0.29, 0.717) is 6.10 Å². The molecule has 0 aromatic carbocycles. The first-order chi connectivity index (χ1) is 6.14. The van der Waals surface area contributed by atoms with Crippen molar-refractivity contribution in [3.8, 4) is 0 Å². The first-order valence-corrected chi connectivity index (χ1v) is 5.04. The van der Waals surface area contributed by atoms with E-state index >= 15 is 0 Å². The fraction of sp³-hybridized carbons (Fsp3) is 1.00. The van der Waals surface area contributed by atoms with Crippen LogP contribution in [0.25, 0.3) is 0 Å². The Balaban J connectivity index is 2.15. The third-order valence-corrected chi connectivity index (χ3v) is 2.29. The van der Waals surface area contributed by atoms with Gasteiger partial charge in [0, 0.05) is 13.2 Å². The molecule has 1 aliphatic heterocycles. The van der Waals surface area contributed by atoms with Gasteiger partial charge in [0.15, 0.2) is 0 Å². The smallest absolute Gasteiger partial charge is 0.0809 e. The summed E-state index contributed by atoms with van der Waals surface area (Å²) in [5.41, 5.74) is -0.0826. The van der Waals surface area contributed by atoms with Crippen LogP contribution in [-0.2, 0) is 9.47 Å². The highest BCUT2D eigenvalue weighted by Gasteiger charge is 2.22. The van der Waals surface area contributed by atoms with Gasteiger partial charge >= 0.3 is 0 Å². The molecule has 1 N–H and O–H groups in total. The van der Waals surface area contributed by atoms with Gasteiger partial charge in [-0.25, -0.2) is 0 Å². The molecule has 0 radical (unpaired) electrons. The second kappa shape index (κ2) is 4.94. The predicted octanol–water partition coefficient (Wildman–Crippen LogP) is 1.18. The molecular formula is C10H21NO2. The summed E-state index contributed by atoms with van der Waals surface area (Å²) in [6.45, 7) is 6.70. The number of hydrogen-bond acceptors (Lipinski definition) is 3. The molecule has 1 unspecified atom stereocenters. The van der Waals surface area contributed by atoms with Crippen LogP contribution in [0.5, 0.6) is 0 Å². The van der Waals surface area contributed by atoms with Crippen molar-refractivity contribution in [1.29, 1.82) is 0 Å². The second-order valence-electron chi connectivity index (χ2n) is 4.24. The Hall–Kier alpha value is -0.120. The van der Waals surface area contributed by atoms with Crippen LogP contribution < -0.4 is 5.32 Å². The van der Waals surface area contributed by atoms with Crippen molar-refractivity contribution in [3.63, 3.8) is 0 Å². The van der Waals surface area contributed by atoms with Gasteiger partial charge < -0.3 is 14.8 Å². The molecule has 13 heavy (non-hydrogen) atoms. The Morgan fingerprint density at radius 3 is 2.85 bits per heavy atom. The SMILES string of the molecule is CNCC(C)(C)OCC1CCCO1. The van der Waals surface area contributed by atoms with Gasteiger partial charge in [-0.2, -0.15) is 0 Å². The molecule has 0 saturated carbocycles. The lowest BCUT2D eigenvalue weighted by atomic mass is 10.1. The van der Waals surface area contributed by atoms with Crippen LogP contribution in [-0.4, -0.2) is 38.5 Å². The molecule has 0 aromatic rings. The van der Waals surface area contributed by atoms with E-state index in [4.69, 9.17) is 9.47 Å². The summed E-state index contributed by atoms with van der Waals surface area (Å²) in [5.74, 6) is 0. The van der Waals surface area contributed by atoms with E-state index in [1.807, 2.05) is 7.05 Å². The van der Waals surface area contributed by atoms with Crippen LogP contribution in [0, 0.1) is 0 Å². The molecule has 0 amide bonds. The average molecular weight is 187 g/mol. The maximum absolute atomic E-state index is 5.77. The van der Waals surface area contributed by atoms with Gasteiger partial charge in [-0.1, -0.05) is 0 Å². The summed E-state index contributed by atoms with van der Waals surface area (Å²) >= 11 is 0. The van der Waals surface area contributed by atoms with Crippen molar-refractivity contribution >= 4 is 0 Å². The first-order valence-electron chi connectivity index (χ1n) is 5.04. The molecule has 1 heterocycles. The van der Waals surface area contributed by atoms with Gasteiger partial charge in [0.1, 0.15) is 0 Å². The Morgan fingerprint density at radius 1 is 1.54 bits per heavy atom. The molecule has 0 aromatic heterocycles. The van der Waals surface area contributed by atoms with Crippen LogP contribution in [0.1, 0.15) is 26.7 Å². The van der Waals surface area contributed by atoms with Crippen LogP contribution in [0.2, 0.25) is 0 Å². The lowest BCUT2D eigenvalue weighted by molar-refractivity contribution is -0.0627. The molecule has 1 atom stereocenters. The van der Waals surface area contributed by atoms with Gasteiger partial charge in [0.25, 0.3) is 0 Å². The molecule has 3 nitrogen and oxygen atoms in total. The molecule has 1 saturated heterocycles. The summed E-state index contributed by atoms with van der Waals surface area (Å²) in [6.07, 6.45) is 2.66. The Bertz CT molecular complexity index is 142. The average Bonchev–Trinajstić information content (AvgIpc) is 2.52. The summed E-state index contributed by atoms with van der Waals surface area (Å²) in [5, 5.41) is 3.12. The standard InChI is InChI=1S/C10H21NO2/c1-10(2,8-11-3)13-7-9-5-4-6-12-9/h9,11H,4-8H2,1-3H3. The van der Waals surface area contributed by atoms with Crippen LogP contribution in [0.3, 0.4) is 0 Å². The Kier molecular flexibility index (Phi) is 4.16. The first kappa shape index (κ1) is 11.0. The minimum Gasteiger partial charge on any atom is -0.376 e. The van der Waals surface area contributed by atoms with Gasteiger partial charge in [0.05, 0.1) is 18.3 Å². The highest BCUT2D eigenvalue weighted by Crippen LogP contribution is 2.15. The van der Waals surface area contributed by atoms with Crippen LogP contribution >= 0.6 is 0 Å². The summed E-state index contributed by atoms with van der Waals surface area (Å²) in [6, 6.07) is 0. The lowest BCUT2D eigenvalue weighted by Crippen LogP contribution is -2.38. The highest BCUT2D eigenvalue weighted by atomic mass is 16.5. The van der Waals surface area contributed by atoms with Crippen molar-refractivity contribution in [1.82, 2.24) is 5.32 Å². The minimum absolute atomic E-state index is 0.0826. The van der Waals surface area contributed by atoms with Crippen molar-refractivity contribution in [2.24, 2.45) is 0 Å². The maximum atomic E-state index is 5.77. The fourth-order valence-corrected chi connectivity index (χ4v) is 1.57. The molecule has 1 aliphatic rings. The van der Waals surface area contributed by atoms with Gasteiger partial charge in [-0.05, 0) is 33.7 Å². The van der Waals surface area contributed by atoms with E-state index in [0.717, 1.165) is 26.2 Å². The predicted molar refractivity (Wildman–Crippen MR) is 52.9 cm³/mol. The van der Waals surface area contributed by atoms with E-state index in [9.17, 15) is 0 Å². The van der Waals surface area contributed by atoms with Gasteiger partial charge in [-0.3, -0.25) is 0 Å². The van der Waals surface area contributed by atoms with Gasteiger partial charge in [0.2, 0.25) is 0 Å². The molecule has 0 aliphatic carbocycles. The lowest BCUT2D eigenvalue weighted by Gasteiger charge is -2.26. The van der Waals surface area contributed by atoms with Crippen molar-refractivity contribution in [2.75, 3.05) is 26.8 Å². The molecule has 78 valence electrons. The molecule has 1 fully saturated rings. The summed E-state index contributed by atoms with van der Waals surface area (Å²) < 4.78 is 11.2.